The van der Waals surface area contributed by atoms with Gasteiger partial charge in [0.25, 0.3) is 0 Å². The zero-order valence-electron chi connectivity index (χ0n) is 13.6. The third-order valence-electron chi connectivity index (χ3n) is 3.72. The zero-order chi connectivity index (χ0) is 15.5. The molecule has 0 bridgehead atoms. The Morgan fingerprint density at radius 3 is 2.62 bits per heavy atom. The van der Waals surface area contributed by atoms with Crippen LogP contribution in [0.25, 0.3) is 0 Å². The minimum atomic E-state index is -0.132. The Kier molecular flexibility index (Phi) is 5.22. The highest BCUT2D eigenvalue weighted by Gasteiger charge is 2.30. The van der Waals surface area contributed by atoms with E-state index in [1.165, 1.54) is 12.8 Å². The van der Waals surface area contributed by atoms with Crippen molar-refractivity contribution in [3.63, 3.8) is 0 Å². The molecule has 0 amide bonds. The Morgan fingerprint density at radius 2 is 2.05 bits per heavy atom. The maximum atomic E-state index is 14.3. The van der Waals surface area contributed by atoms with E-state index in [9.17, 15) is 4.39 Å². The van der Waals surface area contributed by atoms with Gasteiger partial charge >= 0.3 is 0 Å². The first kappa shape index (κ1) is 16.2. The average molecular weight is 294 g/mol. The van der Waals surface area contributed by atoms with Crippen molar-refractivity contribution in [2.75, 3.05) is 25.2 Å². The molecule has 118 valence electrons. The number of methoxy groups -OCH3 is 1. The molecule has 0 atom stereocenters. The lowest BCUT2D eigenvalue weighted by Crippen LogP contribution is -2.37. The van der Waals surface area contributed by atoms with Gasteiger partial charge in [0.1, 0.15) is 5.82 Å². The summed E-state index contributed by atoms with van der Waals surface area (Å²) in [5.74, 6) is -0.132. The molecule has 1 saturated carbocycles. The molecule has 0 saturated heterocycles. The van der Waals surface area contributed by atoms with Gasteiger partial charge in [-0.15, -0.1) is 0 Å². The number of anilines is 1. The van der Waals surface area contributed by atoms with Gasteiger partial charge in [0, 0.05) is 43.0 Å². The van der Waals surface area contributed by atoms with Gasteiger partial charge in [-0.1, -0.05) is 6.07 Å². The number of nitrogens with one attached hydrogen (secondary N) is 1. The van der Waals surface area contributed by atoms with Crippen LogP contribution in [0.1, 0.15) is 39.2 Å². The van der Waals surface area contributed by atoms with E-state index in [0.29, 0.717) is 19.2 Å². The normalized spacial score (nSPS) is 15.3. The van der Waals surface area contributed by atoms with Gasteiger partial charge in [0.2, 0.25) is 0 Å². The molecule has 3 nitrogen and oxygen atoms in total. The predicted molar refractivity (Wildman–Crippen MR) is 85.2 cm³/mol. The van der Waals surface area contributed by atoms with Crippen LogP contribution in [-0.2, 0) is 11.3 Å². The maximum absolute atomic E-state index is 14.3. The topological polar surface area (TPSA) is 24.5 Å². The molecule has 1 aromatic rings. The number of halogens is 1. The number of hydrogen-bond donors (Lipinski definition) is 1. The molecule has 1 fully saturated rings. The zero-order valence-corrected chi connectivity index (χ0v) is 13.6. The van der Waals surface area contributed by atoms with Crippen molar-refractivity contribution in [2.45, 2.75) is 51.7 Å². The molecule has 1 aliphatic carbocycles. The van der Waals surface area contributed by atoms with Crippen LogP contribution < -0.4 is 10.2 Å². The molecular weight excluding hydrogens is 267 g/mol. The molecule has 1 aliphatic rings. The molecule has 21 heavy (non-hydrogen) atoms. The fraction of sp³-hybridized carbons (Fsp3) is 0.647. The fourth-order valence-electron chi connectivity index (χ4n) is 2.42. The van der Waals surface area contributed by atoms with E-state index in [0.717, 1.165) is 17.8 Å². The predicted octanol–water partition coefficient (Wildman–Crippen LogP) is 3.33. The van der Waals surface area contributed by atoms with Crippen molar-refractivity contribution in [3.05, 3.63) is 29.6 Å². The van der Waals surface area contributed by atoms with E-state index in [1.807, 2.05) is 6.07 Å². The lowest BCUT2D eigenvalue weighted by Gasteiger charge is -2.29. The summed E-state index contributed by atoms with van der Waals surface area (Å²) in [6, 6.07) is 5.91. The first-order valence-electron chi connectivity index (χ1n) is 7.70. The van der Waals surface area contributed by atoms with E-state index in [2.05, 4.69) is 31.0 Å². The number of ether oxygens (including phenoxy) is 1. The van der Waals surface area contributed by atoms with Crippen molar-refractivity contribution in [3.8, 4) is 0 Å². The molecule has 4 heteroatoms. The SMILES string of the molecule is COCCN(c1cccc(F)c1CNC(C)(C)C)C1CC1. The highest BCUT2D eigenvalue weighted by atomic mass is 19.1. The molecule has 1 aromatic carbocycles. The Hall–Kier alpha value is -1.13. The van der Waals surface area contributed by atoms with Gasteiger partial charge in [-0.05, 0) is 45.7 Å². The minimum absolute atomic E-state index is 0.0313. The second kappa shape index (κ2) is 6.75. The van der Waals surface area contributed by atoms with Crippen LogP contribution in [0.4, 0.5) is 10.1 Å². The molecule has 0 radical (unpaired) electrons. The second-order valence-electron chi connectivity index (χ2n) is 6.76. The van der Waals surface area contributed by atoms with Crippen molar-refractivity contribution >= 4 is 5.69 Å². The van der Waals surface area contributed by atoms with E-state index in [-0.39, 0.29) is 11.4 Å². The van der Waals surface area contributed by atoms with Gasteiger partial charge in [0.15, 0.2) is 0 Å². The van der Waals surface area contributed by atoms with E-state index >= 15 is 0 Å². The summed E-state index contributed by atoms with van der Waals surface area (Å²) in [7, 11) is 1.71. The maximum Gasteiger partial charge on any atom is 0.129 e. The summed E-state index contributed by atoms with van der Waals surface area (Å²) in [4.78, 5) is 2.30. The first-order chi connectivity index (χ1) is 9.92. The summed E-state index contributed by atoms with van der Waals surface area (Å²) >= 11 is 0. The highest BCUT2D eigenvalue weighted by molar-refractivity contribution is 5.56. The van der Waals surface area contributed by atoms with Gasteiger partial charge in [-0.3, -0.25) is 0 Å². The minimum Gasteiger partial charge on any atom is -0.383 e. The Morgan fingerprint density at radius 1 is 1.33 bits per heavy atom. The number of benzene rings is 1. The molecule has 0 aliphatic heterocycles. The summed E-state index contributed by atoms with van der Waals surface area (Å²) < 4.78 is 19.5. The van der Waals surface area contributed by atoms with Crippen LogP contribution in [0.2, 0.25) is 0 Å². The molecule has 0 unspecified atom stereocenters. The van der Waals surface area contributed by atoms with E-state index < -0.39 is 0 Å². The van der Waals surface area contributed by atoms with Gasteiger partial charge in [-0.25, -0.2) is 4.39 Å². The van der Waals surface area contributed by atoms with Crippen molar-refractivity contribution in [1.29, 1.82) is 0 Å². The van der Waals surface area contributed by atoms with Crippen LogP contribution in [0, 0.1) is 5.82 Å². The average Bonchev–Trinajstić information content (AvgIpc) is 3.22. The van der Waals surface area contributed by atoms with E-state index in [1.54, 1.807) is 19.2 Å². The standard InChI is InChI=1S/C17H27FN2O/c1-17(2,3)19-12-14-15(18)6-5-7-16(14)20(10-11-21-4)13-8-9-13/h5-7,13,19H,8-12H2,1-4H3. The monoisotopic (exact) mass is 294 g/mol. The number of nitrogens with zero attached hydrogens (tertiary/aromatic N) is 1. The van der Waals surface area contributed by atoms with Crippen LogP contribution in [0.3, 0.4) is 0 Å². The molecular formula is C17H27FN2O. The molecule has 0 spiro atoms. The Balaban J connectivity index is 2.22. The van der Waals surface area contributed by atoms with Crippen LogP contribution in [-0.4, -0.2) is 31.8 Å². The van der Waals surface area contributed by atoms with Crippen LogP contribution >= 0.6 is 0 Å². The van der Waals surface area contributed by atoms with Gasteiger partial charge in [-0.2, -0.15) is 0 Å². The van der Waals surface area contributed by atoms with Gasteiger partial charge < -0.3 is 15.0 Å². The van der Waals surface area contributed by atoms with Crippen LogP contribution in [0.5, 0.6) is 0 Å². The summed E-state index contributed by atoms with van der Waals surface area (Å²) in [6.45, 7) is 8.30. The highest BCUT2D eigenvalue weighted by Crippen LogP contribution is 2.34. The third kappa shape index (κ3) is 4.68. The molecule has 2 rings (SSSR count). The Labute approximate surface area is 127 Å². The summed E-state index contributed by atoms with van der Waals surface area (Å²) in [5, 5.41) is 3.39. The molecule has 1 N–H and O–H groups in total. The van der Waals surface area contributed by atoms with Crippen molar-refractivity contribution in [1.82, 2.24) is 5.32 Å². The van der Waals surface area contributed by atoms with Gasteiger partial charge in [0.05, 0.1) is 6.61 Å². The molecule has 0 heterocycles. The number of rotatable bonds is 7. The van der Waals surface area contributed by atoms with Crippen LogP contribution in [0.15, 0.2) is 18.2 Å². The number of hydrogen-bond acceptors (Lipinski definition) is 3. The summed E-state index contributed by atoms with van der Waals surface area (Å²) in [5.41, 5.74) is 1.73. The summed E-state index contributed by atoms with van der Waals surface area (Å²) in [6.07, 6.45) is 2.37. The smallest absolute Gasteiger partial charge is 0.129 e. The quantitative estimate of drug-likeness (QED) is 0.835. The lowest BCUT2D eigenvalue weighted by molar-refractivity contribution is 0.205. The first-order valence-corrected chi connectivity index (χ1v) is 7.70. The van der Waals surface area contributed by atoms with E-state index in [4.69, 9.17) is 4.74 Å². The largest absolute Gasteiger partial charge is 0.383 e. The lowest BCUT2D eigenvalue weighted by atomic mass is 10.1. The van der Waals surface area contributed by atoms with Crippen molar-refractivity contribution in [2.24, 2.45) is 0 Å². The van der Waals surface area contributed by atoms with Crippen molar-refractivity contribution < 1.29 is 9.13 Å². The Bertz CT molecular complexity index is 466. The fourth-order valence-corrected chi connectivity index (χ4v) is 2.42. The second-order valence-corrected chi connectivity index (χ2v) is 6.76. The molecule has 0 aromatic heterocycles. The third-order valence-corrected chi connectivity index (χ3v) is 3.72.